The number of carbonyl (C=O) groups excluding carboxylic acids is 2. The molecule has 4 nitrogen and oxygen atoms in total. The van der Waals surface area contributed by atoms with E-state index in [1.807, 2.05) is 0 Å². The lowest BCUT2D eigenvalue weighted by Crippen LogP contribution is -2.24. The zero-order valence-electron chi connectivity index (χ0n) is 17.6. The van der Waals surface area contributed by atoms with Crippen LogP contribution in [0.3, 0.4) is 0 Å². The fourth-order valence-electron chi connectivity index (χ4n) is 3.63. The third kappa shape index (κ3) is 7.90. The highest BCUT2D eigenvalue weighted by Gasteiger charge is 2.32. The lowest BCUT2D eigenvalue weighted by molar-refractivity contribution is -0.120. The number of unbranched alkanes of at least 4 members (excludes halogenated alkanes) is 12. The smallest absolute Gasteiger partial charge is 0.227 e. The van der Waals surface area contributed by atoms with E-state index in [2.05, 4.69) is 6.92 Å². The third-order valence-electron chi connectivity index (χ3n) is 5.40. The van der Waals surface area contributed by atoms with Gasteiger partial charge in [0.2, 0.25) is 11.6 Å². The van der Waals surface area contributed by atoms with Gasteiger partial charge in [0, 0.05) is 11.1 Å². The van der Waals surface area contributed by atoms with Crippen LogP contribution in [0, 0.1) is 0 Å². The number of aliphatic hydroxyl groups is 1. The summed E-state index contributed by atoms with van der Waals surface area (Å²) in [6, 6.07) is 0. The van der Waals surface area contributed by atoms with Crippen LogP contribution in [0.5, 0.6) is 0 Å². The molecule has 4 heteroatoms. The summed E-state index contributed by atoms with van der Waals surface area (Å²) >= 11 is 0. The molecule has 0 atom stereocenters. The molecule has 154 valence electrons. The Morgan fingerprint density at radius 2 is 1.19 bits per heavy atom. The van der Waals surface area contributed by atoms with Gasteiger partial charge in [-0.25, -0.2) is 0 Å². The van der Waals surface area contributed by atoms with Crippen molar-refractivity contribution < 1.29 is 19.4 Å². The Bertz CT molecular complexity index is 543. The zero-order valence-corrected chi connectivity index (χ0v) is 17.6. The highest BCUT2D eigenvalue weighted by atomic mass is 16.5. The van der Waals surface area contributed by atoms with Gasteiger partial charge in [-0.3, -0.25) is 9.59 Å². The average Bonchev–Trinajstić information content (AvgIpc) is 2.66. The number of methoxy groups -OCH3 is 1. The maximum atomic E-state index is 12.3. The number of ketones is 2. The molecule has 0 bridgehead atoms. The summed E-state index contributed by atoms with van der Waals surface area (Å²) in [5.41, 5.74) is 0.402. The lowest BCUT2D eigenvalue weighted by Gasteiger charge is -2.18. The van der Waals surface area contributed by atoms with Crippen molar-refractivity contribution in [3.05, 3.63) is 22.7 Å². The van der Waals surface area contributed by atoms with Gasteiger partial charge in [0.15, 0.2) is 11.5 Å². The molecule has 27 heavy (non-hydrogen) atoms. The largest absolute Gasteiger partial charge is 0.504 e. The van der Waals surface area contributed by atoms with Gasteiger partial charge in [0.25, 0.3) is 0 Å². The molecule has 0 saturated heterocycles. The fourth-order valence-corrected chi connectivity index (χ4v) is 3.63. The minimum Gasteiger partial charge on any atom is -0.504 e. The maximum absolute atomic E-state index is 12.3. The molecular weight excluding hydrogens is 340 g/mol. The number of allylic oxidation sites excluding steroid dienone is 2. The number of ether oxygens (including phenoxy) is 1. The van der Waals surface area contributed by atoms with Gasteiger partial charge in [-0.15, -0.1) is 0 Å². The molecule has 1 aliphatic rings. The first-order chi connectivity index (χ1) is 13.0. The number of rotatable bonds is 15. The number of hydrogen-bond acceptors (Lipinski definition) is 4. The van der Waals surface area contributed by atoms with Crippen molar-refractivity contribution in [2.24, 2.45) is 0 Å². The monoisotopic (exact) mass is 378 g/mol. The van der Waals surface area contributed by atoms with E-state index < -0.39 is 11.5 Å². The molecule has 0 unspecified atom stereocenters. The van der Waals surface area contributed by atoms with E-state index in [-0.39, 0.29) is 22.7 Å². The maximum Gasteiger partial charge on any atom is 0.227 e. The number of Topliss-reactive ketones (excluding diaryl/α,β-unsaturated/α-hetero) is 2. The number of aliphatic hydroxyl groups excluding tert-OH is 1. The van der Waals surface area contributed by atoms with E-state index in [1.54, 1.807) is 0 Å². The molecule has 0 aromatic rings. The summed E-state index contributed by atoms with van der Waals surface area (Å²) in [5.74, 6) is -1.15. The molecule has 1 N–H and O–H groups in total. The first-order valence-corrected chi connectivity index (χ1v) is 10.8. The Morgan fingerprint density at radius 1 is 0.741 bits per heavy atom. The molecule has 0 amide bonds. The minimum atomic E-state index is -0.490. The summed E-state index contributed by atoms with van der Waals surface area (Å²) in [5, 5.41) is 10.0. The molecule has 0 radical (unpaired) electrons. The normalized spacial score (nSPS) is 15.1. The molecule has 1 aliphatic carbocycles. The predicted octanol–water partition coefficient (Wildman–Crippen LogP) is 6.35. The van der Waals surface area contributed by atoms with Crippen LogP contribution >= 0.6 is 0 Å². The Kier molecular flexibility index (Phi) is 11.8. The van der Waals surface area contributed by atoms with Crippen LogP contribution in [0.15, 0.2) is 22.7 Å². The highest BCUT2D eigenvalue weighted by Crippen LogP contribution is 2.27. The van der Waals surface area contributed by atoms with Crippen molar-refractivity contribution in [1.29, 1.82) is 0 Å². The van der Waals surface area contributed by atoms with Crippen LogP contribution in [-0.2, 0) is 14.3 Å². The lowest BCUT2D eigenvalue weighted by atomic mass is 9.91. The summed E-state index contributed by atoms with van der Waals surface area (Å²) < 4.78 is 5.05. The topological polar surface area (TPSA) is 63.6 Å². The van der Waals surface area contributed by atoms with Crippen molar-refractivity contribution in [2.45, 2.75) is 104 Å². The predicted molar refractivity (Wildman–Crippen MR) is 110 cm³/mol. The van der Waals surface area contributed by atoms with E-state index in [1.165, 1.54) is 78.2 Å². The Morgan fingerprint density at radius 3 is 1.63 bits per heavy atom. The molecule has 1 rings (SSSR count). The summed E-state index contributed by atoms with van der Waals surface area (Å²) in [6.45, 7) is 3.76. The number of carbonyl (C=O) groups is 2. The molecular formula is C23H38O4. The summed E-state index contributed by atoms with van der Waals surface area (Å²) in [6.07, 6.45) is 16.7. The van der Waals surface area contributed by atoms with Crippen LogP contribution in [0.25, 0.3) is 0 Å². The van der Waals surface area contributed by atoms with Crippen molar-refractivity contribution in [3.63, 3.8) is 0 Å². The van der Waals surface area contributed by atoms with Crippen LogP contribution in [0.4, 0.5) is 0 Å². The first-order valence-electron chi connectivity index (χ1n) is 10.8. The number of hydrogen-bond donors (Lipinski definition) is 1. The molecule has 0 heterocycles. The first kappa shape index (κ1) is 23.5. The Labute approximate surface area is 165 Å². The van der Waals surface area contributed by atoms with Crippen molar-refractivity contribution >= 4 is 11.6 Å². The second kappa shape index (κ2) is 13.6. The van der Waals surface area contributed by atoms with E-state index in [0.717, 1.165) is 19.3 Å². The SMILES string of the molecule is CCCCCCCCCCCCCCCC1=C(O)C(=O)C(C)=C(OC)C1=O. The highest BCUT2D eigenvalue weighted by molar-refractivity contribution is 6.23. The fraction of sp³-hybridized carbons (Fsp3) is 0.739. The second-order valence-electron chi connectivity index (χ2n) is 7.64. The van der Waals surface area contributed by atoms with Crippen LogP contribution in [0.2, 0.25) is 0 Å². The van der Waals surface area contributed by atoms with E-state index >= 15 is 0 Å². The molecule has 0 saturated carbocycles. The van der Waals surface area contributed by atoms with E-state index in [4.69, 9.17) is 4.74 Å². The van der Waals surface area contributed by atoms with E-state index in [9.17, 15) is 14.7 Å². The van der Waals surface area contributed by atoms with Gasteiger partial charge in [-0.2, -0.15) is 0 Å². The average molecular weight is 379 g/mol. The van der Waals surface area contributed by atoms with Gasteiger partial charge in [-0.1, -0.05) is 84.0 Å². The molecule has 0 fully saturated rings. The van der Waals surface area contributed by atoms with Crippen LogP contribution < -0.4 is 0 Å². The van der Waals surface area contributed by atoms with Gasteiger partial charge in [0.1, 0.15) is 0 Å². The van der Waals surface area contributed by atoms with Crippen molar-refractivity contribution in [2.75, 3.05) is 7.11 Å². The van der Waals surface area contributed by atoms with Gasteiger partial charge >= 0.3 is 0 Å². The minimum absolute atomic E-state index is 0.0718. The summed E-state index contributed by atoms with van der Waals surface area (Å²) in [4.78, 5) is 24.3. The van der Waals surface area contributed by atoms with E-state index in [0.29, 0.717) is 6.42 Å². The van der Waals surface area contributed by atoms with Gasteiger partial charge in [0.05, 0.1) is 7.11 Å². The molecule has 0 aliphatic heterocycles. The molecule has 0 aromatic heterocycles. The zero-order chi connectivity index (χ0) is 20.1. The van der Waals surface area contributed by atoms with Crippen molar-refractivity contribution in [1.82, 2.24) is 0 Å². The molecule has 0 spiro atoms. The quantitative estimate of drug-likeness (QED) is 0.266. The van der Waals surface area contributed by atoms with Crippen molar-refractivity contribution in [3.8, 4) is 0 Å². The van der Waals surface area contributed by atoms with Gasteiger partial charge < -0.3 is 9.84 Å². The summed E-state index contributed by atoms with van der Waals surface area (Å²) in [7, 11) is 1.38. The third-order valence-corrected chi connectivity index (χ3v) is 5.40. The Hall–Kier alpha value is -1.58. The van der Waals surface area contributed by atoms with Gasteiger partial charge in [-0.05, 0) is 19.8 Å². The van der Waals surface area contributed by atoms with Crippen LogP contribution in [0.1, 0.15) is 104 Å². The second-order valence-corrected chi connectivity index (χ2v) is 7.64. The Balaban J connectivity index is 2.11. The standard InChI is InChI=1S/C23H38O4/c1-4-5-6-7-8-9-10-11-12-13-14-15-16-17-19-21(25)20(24)18(2)23(27-3)22(19)26/h25H,4-17H2,1-3H3. The van der Waals surface area contributed by atoms with Crippen LogP contribution in [-0.4, -0.2) is 23.8 Å². The molecule has 0 aromatic carbocycles.